The Kier molecular flexibility index (Phi) is 3.75. The molecule has 102 valence electrons. The van der Waals surface area contributed by atoms with Crippen molar-refractivity contribution >= 4 is 28.5 Å². The number of rotatable bonds is 3. The number of carbonyl (C=O) groups is 1. The van der Waals surface area contributed by atoms with E-state index in [4.69, 9.17) is 11.6 Å². The summed E-state index contributed by atoms with van der Waals surface area (Å²) in [5, 5.41) is 0. The summed E-state index contributed by atoms with van der Waals surface area (Å²) in [6, 6.07) is 4.10. The lowest BCUT2D eigenvalue weighted by Crippen LogP contribution is -2.30. The number of aromatic nitrogens is 2. The first-order chi connectivity index (χ1) is 8.97. The van der Waals surface area contributed by atoms with E-state index in [2.05, 4.69) is 4.98 Å². The van der Waals surface area contributed by atoms with Gasteiger partial charge in [0.15, 0.2) is 0 Å². The topological polar surface area (TPSA) is 38.1 Å². The zero-order valence-electron chi connectivity index (χ0n) is 11.0. The number of hydrogen-bond donors (Lipinski definition) is 0. The molecule has 1 heterocycles. The Morgan fingerprint density at radius 2 is 2.21 bits per heavy atom. The molecule has 2 rings (SSSR count). The number of fused-ring (bicyclic) bond motifs is 1. The molecular weight excluding hydrogens is 269 g/mol. The molecular formula is C13H15ClFN3O. The number of benzene rings is 1. The van der Waals surface area contributed by atoms with Crippen molar-refractivity contribution in [3.05, 3.63) is 29.8 Å². The second-order valence-electron chi connectivity index (χ2n) is 4.55. The van der Waals surface area contributed by atoms with Crippen LogP contribution >= 0.6 is 11.6 Å². The number of hydrogen-bond acceptors (Lipinski definition) is 2. The molecule has 0 radical (unpaired) electrons. The van der Waals surface area contributed by atoms with Gasteiger partial charge in [-0.15, -0.1) is 11.6 Å². The van der Waals surface area contributed by atoms with Crippen LogP contribution in [0, 0.1) is 5.82 Å². The molecule has 2 aromatic rings. The fourth-order valence-electron chi connectivity index (χ4n) is 2.15. The monoisotopic (exact) mass is 283 g/mol. The minimum Gasteiger partial charge on any atom is -0.347 e. The van der Waals surface area contributed by atoms with Gasteiger partial charge >= 0.3 is 0 Å². The van der Waals surface area contributed by atoms with Crippen molar-refractivity contribution in [3.63, 3.8) is 0 Å². The van der Waals surface area contributed by atoms with Crippen LogP contribution in [0.2, 0.25) is 0 Å². The number of nitrogens with zero attached hydrogens (tertiary/aromatic N) is 3. The molecule has 0 saturated carbocycles. The van der Waals surface area contributed by atoms with Crippen LogP contribution in [-0.4, -0.2) is 34.5 Å². The first-order valence-corrected chi connectivity index (χ1v) is 6.43. The molecule has 4 nitrogen and oxygen atoms in total. The molecule has 0 bridgehead atoms. The summed E-state index contributed by atoms with van der Waals surface area (Å²) in [6.45, 7) is 1.71. The first-order valence-electron chi connectivity index (χ1n) is 5.89. The van der Waals surface area contributed by atoms with E-state index in [1.165, 1.54) is 11.0 Å². The molecule has 0 spiro atoms. The average Bonchev–Trinajstić information content (AvgIpc) is 2.76. The van der Waals surface area contributed by atoms with E-state index in [1.807, 2.05) is 0 Å². The Bertz CT molecular complexity index is 624. The maximum Gasteiger partial charge on any atom is 0.244 e. The zero-order chi connectivity index (χ0) is 14.2. The number of para-hydroxylation sites is 1. The van der Waals surface area contributed by atoms with Crippen molar-refractivity contribution in [2.24, 2.45) is 0 Å². The van der Waals surface area contributed by atoms with Gasteiger partial charge in [0.1, 0.15) is 23.2 Å². The smallest absolute Gasteiger partial charge is 0.244 e. The van der Waals surface area contributed by atoms with Crippen LogP contribution in [-0.2, 0) is 10.7 Å². The summed E-state index contributed by atoms with van der Waals surface area (Å²) >= 11 is 5.85. The maximum absolute atomic E-state index is 14.0. The third kappa shape index (κ3) is 2.30. The largest absolute Gasteiger partial charge is 0.347 e. The fraction of sp³-hybridized carbons (Fsp3) is 0.385. The summed E-state index contributed by atoms with van der Waals surface area (Å²) in [5.74, 6) is 0.0808. The van der Waals surface area contributed by atoms with E-state index < -0.39 is 11.9 Å². The number of imidazole rings is 1. The Morgan fingerprint density at radius 1 is 1.53 bits per heavy atom. The summed E-state index contributed by atoms with van der Waals surface area (Å²) < 4.78 is 15.6. The summed E-state index contributed by atoms with van der Waals surface area (Å²) in [4.78, 5) is 17.8. The highest BCUT2D eigenvalue weighted by Crippen LogP contribution is 2.25. The van der Waals surface area contributed by atoms with Gasteiger partial charge in [-0.2, -0.15) is 0 Å². The Hall–Kier alpha value is -1.62. The van der Waals surface area contributed by atoms with E-state index in [-0.39, 0.29) is 11.8 Å². The molecule has 0 N–H and O–H groups in total. The number of likely N-dealkylation sites (N-methyl/N-ethyl adjacent to an activating group) is 1. The maximum atomic E-state index is 14.0. The molecule has 1 aromatic carbocycles. The number of alkyl halides is 1. The predicted molar refractivity (Wildman–Crippen MR) is 72.7 cm³/mol. The molecule has 1 unspecified atom stereocenters. The molecule has 0 aliphatic carbocycles. The molecule has 6 heteroatoms. The standard InChI is InChI=1S/C13H15ClFN3O/c1-8(13(19)17(2)3)18-11(7-14)16-10-6-4-5-9(15)12(10)18/h4-6,8H,7H2,1-3H3. The fourth-order valence-corrected chi connectivity index (χ4v) is 2.34. The normalized spacial score (nSPS) is 12.7. The van der Waals surface area contributed by atoms with E-state index in [9.17, 15) is 9.18 Å². The lowest BCUT2D eigenvalue weighted by molar-refractivity contribution is -0.131. The average molecular weight is 284 g/mol. The minimum atomic E-state index is -0.550. The van der Waals surface area contributed by atoms with Crippen molar-refractivity contribution in [1.29, 1.82) is 0 Å². The second kappa shape index (κ2) is 5.17. The van der Waals surface area contributed by atoms with E-state index in [1.54, 1.807) is 37.7 Å². The van der Waals surface area contributed by atoms with Crippen LogP contribution in [0.3, 0.4) is 0 Å². The summed E-state index contributed by atoms with van der Waals surface area (Å²) in [5.41, 5.74) is 0.829. The summed E-state index contributed by atoms with van der Waals surface area (Å²) in [6.07, 6.45) is 0. The molecule has 0 aliphatic heterocycles. The Morgan fingerprint density at radius 3 is 2.79 bits per heavy atom. The molecule has 0 saturated heterocycles. The van der Waals surface area contributed by atoms with E-state index >= 15 is 0 Å². The van der Waals surface area contributed by atoms with Gasteiger partial charge in [-0.05, 0) is 19.1 Å². The second-order valence-corrected chi connectivity index (χ2v) is 4.82. The van der Waals surface area contributed by atoms with Crippen molar-refractivity contribution in [1.82, 2.24) is 14.5 Å². The van der Waals surface area contributed by atoms with Crippen LogP contribution in [0.1, 0.15) is 18.8 Å². The summed E-state index contributed by atoms with van der Waals surface area (Å²) in [7, 11) is 3.32. The number of halogens is 2. The third-order valence-corrected chi connectivity index (χ3v) is 3.28. The minimum absolute atomic E-state index is 0.124. The van der Waals surface area contributed by atoms with Gasteiger partial charge in [0.2, 0.25) is 5.91 Å². The molecule has 1 atom stereocenters. The predicted octanol–water partition coefficient (Wildman–Crippen LogP) is 2.56. The highest BCUT2D eigenvalue weighted by Gasteiger charge is 2.23. The van der Waals surface area contributed by atoms with Gasteiger partial charge < -0.3 is 9.47 Å². The van der Waals surface area contributed by atoms with Crippen molar-refractivity contribution in [2.45, 2.75) is 18.8 Å². The quantitative estimate of drug-likeness (QED) is 0.812. The SMILES string of the molecule is CC(C(=O)N(C)C)n1c(CCl)nc2cccc(F)c21. The molecule has 0 aliphatic rings. The van der Waals surface area contributed by atoms with Gasteiger partial charge in [0.25, 0.3) is 0 Å². The van der Waals surface area contributed by atoms with Gasteiger partial charge in [-0.3, -0.25) is 4.79 Å². The molecule has 0 fully saturated rings. The highest BCUT2D eigenvalue weighted by atomic mass is 35.5. The lowest BCUT2D eigenvalue weighted by Gasteiger charge is -2.20. The van der Waals surface area contributed by atoms with Gasteiger partial charge in [0.05, 0.1) is 11.4 Å². The first kappa shape index (κ1) is 13.8. The van der Waals surface area contributed by atoms with Crippen molar-refractivity contribution < 1.29 is 9.18 Å². The lowest BCUT2D eigenvalue weighted by atomic mass is 10.2. The number of amides is 1. The Labute approximate surface area is 115 Å². The van der Waals surface area contributed by atoms with Crippen LogP contribution in [0.15, 0.2) is 18.2 Å². The van der Waals surface area contributed by atoms with Gasteiger partial charge in [-0.1, -0.05) is 6.07 Å². The van der Waals surface area contributed by atoms with Crippen molar-refractivity contribution in [3.8, 4) is 0 Å². The molecule has 1 amide bonds. The zero-order valence-corrected chi connectivity index (χ0v) is 11.8. The van der Waals surface area contributed by atoms with Crippen LogP contribution in [0.25, 0.3) is 11.0 Å². The van der Waals surface area contributed by atoms with Crippen LogP contribution in [0.5, 0.6) is 0 Å². The molecule has 19 heavy (non-hydrogen) atoms. The van der Waals surface area contributed by atoms with Crippen LogP contribution < -0.4 is 0 Å². The molecule has 1 aromatic heterocycles. The highest BCUT2D eigenvalue weighted by molar-refractivity contribution is 6.17. The van der Waals surface area contributed by atoms with E-state index in [0.29, 0.717) is 16.9 Å². The van der Waals surface area contributed by atoms with Gasteiger partial charge in [0, 0.05) is 14.1 Å². The van der Waals surface area contributed by atoms with Crippen molar-refractivity contribution in [2.75, 3.05) is 14.1 Å². The Balaban J connectivity index is 2.67. The third-order valence-electron chi connectivity index (χ3n) is 3.04. The van der Waals surface area contributed by atoms with Crippen LogP contribution in [0.4, 0.5) is 4.39 Å². The number of carbonyl (C=O) groups excluding carboxylic acids is 1. The van der Waals surface area contributed by atoms with E-state index in [0.717, 1.165) is 0 Å². The van der Waals surface area contributed by atoms with Gasteiger partial charge in [-0.25, -0.2) is 9.37 Å².